The quantitative estimate of drug-likeness (QED) is 0.243. The largest absolute Gasteiger partial charge is 0.392 e. The SMILES string of the molecule is Cc1cc(-n2ccnc2)cc2[nH]c(-c3c(NC=C(CO)Cc4ccccc4Br)cc[nH]c3=O)nc12. The van der Waals surface area contributed by atoms with Crippen LogP contribution >= 0.6 is 15.9 Å². The minimum atomic E-state index is -0.272. The Kier molecular flexibility index (Phi) is 6.35. The highest BCUT2D eigenvalue weighted by Crippen LogP contribution is 2.28. The number of hydrogen-bond acceptors (Lipinski definition) is 5. The van der Waals surface area contributed by atoms with Gasteiger partial charge in [0.25, 0.3) is 5.56 Å². The molecule has 8 nitrogen and oxygen atoms in total. The van der Waals surface area contributed by atoms with Crippen LogP contribution in [-0.4, -0.2) is 36.2 Å². The third-order valence-corrected chi connectivity index (χ3v) is 6.55. The first-order valence-electron chi connectivity index (χ1n) is 11.0. The fourth-order valence-electron chi connectivity index (χ4n) is 4.00. The second-order valence-corrected chi connectivity index (χ2v) is 9.04. The normalized spacial score (nSPS) is 11.8. The van der Waals surface area contributed by atoms with Gasteiger partial charge in [0, 0.05) is 35.0 Å². The van der Waals surface area contributed by atoms with E-state index >= 15 is 0 Å². The smallest absolute Gasteiger partial charge is 0.261 e. The summed E-state index contributed by atoms with van der Waals surface area (Å²) in [6.45, 7) is 1.87. The maximum absolute atomic E-state index is 12.9. The molecule has 0 aliphatic heterocycles. The van der Waals surface area contributed by atoms with Gasteiger partial charge in [0.05, 0.1) is 29.7 Å². The average Bonchev–Trinajstić information content (AvgIpc) is 3.53. The first-order chi connectivity index (χ1) is 17.0. The van der Waals surface area contributed by atoms with Crippen molar-refractivity contribution in [1.82, 2.24) is 24.5 Å². The van der Waals surface area contributed by atoms with E-state index in [0.717, 1.165) is 37.9 Å². The van der Waals surface area contributed by atoms with Gasteiger partial charge in [-0.2, -0.15) is 0 Å². The number of nitrogens with zero attached hydrogens (tertiary/aromatic N) is 3. The molecule has 3 heterocycles. The Morgan fingerprint density at radius 3 is 2.89 bits per heavy atom. The van der Waals surface area contributed by atoms with Gasteiger partial charge in [0.2, 0.25) is 0 Å². The summed E-state index contributed by atoms with van der Waals surface area (Å²) in [5.41, 5.74) is 6.07. The summed E-state index contributed by atoms with van der Waals surface area (Å²) in [6, 6.07) is 13.7. The van der Waals surface area contributed by atoms with Gasteiger partial charge in [-0.05, 0) is 54.3 Å². The molecule has 0 aliphatic carbocycles. The summed E-state index contributed by atoms with van der Waals surface area (Å²) in [7, 11) is 0. The molecule has 2 aromatic carbocycles. The van der Waals surface area contributed by atoms with Crippen molar-refractivity contribution < 1.29 is 5.11 Å². The van der Waals surface area contributed by atoms with Crippen LogP contribution in [0.25, 0.3) is 28.1 Å². The summed E-state index contributed by atoms with van der Waals surface area (Å²) < 4.78 is 2.89. The van der Waals surface area contributed by atoms with Crippen molar-refractivity contribution in [3.05, 3.63) is 105 Å². The lowest BCUT2D eigenvalue weighted by Gasteiger charge is -2.10. The molecule has 0 atom stereocenters. The van der Waals surface area contributed by atoms with Gasteiger partial charge < -0.3 is 25.0 Å². The van der Waals surface area contributed by atoms with E-state index in [4.69, 9.17) is 4.98 Å². The molecule has 4 N–H and O–H groups in total. The van der Waals surface area contributed by atoms with Crippen molar-refractivity contribution in [3.8, 4) is 17.1 Å². The first-order valence-corrected chi connectivity index (χ1v) is 11.8. The first kappa shape index (κ1) is 22.8. The van der Waals surface area contributed by atoms with E-state index in [1.54, 1.807) is 31.0 Å². The van der Waals surface area contributed by atoms with Gasteiger partial charge in [0.15, 0.2) is 0 Å². The molecule has 0 saturated carbocycles. The fourth-order valence-corrected chi connectivity index (χ4v) is 4.43. The zero-order valence-electron chi connectivity index (χ0n) is 18.9. The molecular weight excluding hydrogens is 508 g/mol. The van der Waals surface area contributed by atoms with Crippen LogP contribution in [0.15, 0.2) is 88.4 Å². The number of nitrogens with one attached hydrogen (secondary N) is 3. The summed E-state index contributed by atoms with van der Waals surface area (Å²) in [5.74, 6) is 0.458. The average molecular weight is 531 g/mol. The van der Waals surface area contributed by atoms with Crippen molar-refractivity contribution in [2.24, 2.45) is 0 Å². The van der Waals surface area contributed by atoms with E-state index in [9.17, 15) is 9.90 Å². The van der Waals surface area contributed by atoms with Crippen LogP contribution in [0, 0.1) is 6.92 Å². The number of halogens is 1. The fraction of sp³-hybridized carbons (Fsp3) is 0.115. The number of aryl methyl sites for hydroxylation is 1. The third kappa shape index (κ3) is 4.68. The molecule has 0 fully saturated rings. The Hall–Kier alpha value is -3.95. The van der Waals surface area contributed by atoms with Crippen LogP contribution in [0.1, 0.15) is 11.1 Å². The maximum atomic E-state index is 12.9. The van der Waals surface area contributed by atoms with Gasteiger partial charge >= 0.3 is 0 Å². The number of aromatic amines is 2. The highest BCUT2D eigenvalue weighted by atomic mass is 79.9. The van der Waals surface area contributed by atoms with Crippen molar-refractivity contribution in [2.75, 3.05) is 11.9 Å². The van der Waals surface area contributed by atoms with Crippen LogP contribution in [-0.2, 0) is 6.42 Å². The minimum absolute atomic E-state index is 0.117. The number of aromatic nitrogens is 5. The zero-order chi connectivity index (χ0) is 24.4. The standard InChI is InChI=1S/C26H23BrN6O2/c1-16-10-19(33-9-8-28-15-33)12-22-24(16)32-25(31-22)23-21(6-7-29-26(23)35)30-13-17(14-34)11-18-4-2-3-5-20(18)27/h2-10,12-13,15,34H,11,14H2,1H3,(H,31,32)(H2,29,30,35). The number of aliphatic hydroxyl groups excluding tert-OH is 1. The predicted molar refractivity (Wildman–Crippen MR) is 141 cm³/mol. The molecule has 0 aliphatic rings. The van der Waals surface area contributed by atoms with E-state index < -0.39 is 0 Å². The molecule has 0 amide bonds. The number of H-pyrrole nitrogens is 2. The number of hydrogen-bond donors (Lipinski definition) is 4. The molecule has 0 unspecified atom stereocenters. The number of rotatable bonds is 7. The van der Waals surface area contributed by atoms with E-state index in [2.05, 4.69) is 36.2 Å². The van der Waals surface area contributed by atoms with Crippen LogP contribution < -0.4 is 10.9 Å². The molecular formula is C26H23BrN6O2. The monoisotopic (exact) mass is 530 g/mol. The zero-order valence-corrected chi connectivity index (χ0v) is 20.5. The van der Waals surface area contributed by atoms with E-state index in [1.807, 2.05) is 54.1 Å². The topological polar surface area (TPSA) is 112 Å². The van der Waals surface area contributed by atoms with Crippen molar-refractivity contribution in [3.63, 3.8) is 0 Å². The number of imidazole rings is 2. The lowest BCUT2D eigenvalue weighted by Crippen LogP contribution is -2.12. The molecule has 0 spiro atoms. The van der Waals surface area contributed by atoms with E-state index in [1.165, 1.54) is 0 Å². The summed E-state index contributed by atoms with van der Waals surface area (Å²) >= 11 is 3.55. The van der Waals surface area contributed by atoms with Gasteiger partial charge in [0.1, 0.15) is 11.4 Å². The summed E-state index contributed by atoms with van der Waals surface area (Å²) in [6.07, 6.45) is 9.22. The molecule has 0 radical (unpaired) electrons. The molecule has 3 aromatic heterocycles. The van der Waals surface area contributed by atoms with Gasteiger partial charge in [-0.25, -0.2) is 9.97 Å². The van der Waals surface area contributed by atoms with Crippen molar-refractivity contribution in [1.29, 1.82) is 0 Å². The molecule has 5 rings (SSSR count). The Balaban J connectivity index is 1.51. The number of aliphatic hydroxyl groups is 1. The maximum Gasteiger partial charge on any atom is 0.261 e. The van der Waals surface area contributed by atoms with E-state index in [-0.39, 0.29) is 12.2 Å². The van der Waals surface area contributed by atoms with Gasteiger partial charge in [-0.3, -0.25) is 4.79 Å². The van der Waals surface area contributed by atoms with Crippen LogP contribution in [0.2, 0.25) is 0 Å². The Morgan fingerprint density at radius 1 is 1.26 bits per heavy atom. The summed E-state index contributed by atoms with van der Waals surface area (Å²) in [4.78, 5) is 27.8. The van der Waals surface area contributed by atoms with E-state index in [0.29, 0.717) is 23.5 Å². The second kappa shape index (κ2) is 9.73. The minimum Gasteiger partial charge on any atom is -0.392 e. The molecule has 35 heavy (non-hydrogen) atoms. The highest BCUT2D eigenvalue weighted by molar-refractivity contribution is 9.10. The summed E-state index contributed by atoms with van der Waals surface area (Å²) in [5, 5.41) is 13.1. The van der Waals surface area contributed by atoms with Crippen molar-refractivity contribution >= 4 is 32.7 Å². The molecule has 0 bridgehead atoms. The highest BCUT2D eigenvalue weighted by Gasteiger charge is 2.16. The Morgan fingerprint density at radius 2 is 2.11 bits per heavy atom. The molecule has 9 heteroatoms. The Labute approximate surface area is 209 Å². The van der Waals surface area contributed by atoms with Gasteiger partial charge in [-0.1, -0.05) is 34.1 Å². The third-order valence-electron chi connectivity index (χ3n) is 5.77. The van der Waals surface area contributed by atoms with Crippen molar-refractivity contribution in [2.45, 2.75) is 13.3 Å². The predicted octanol–water partition coefficient (Wildman–Crippen LogP) is 4.71. The lowest BCUT2D eigenvalue weighted by atomic mass is 10.1. The Bertz CT molecular complexity index is 1580. The number of pyridine rings is 1. The van der Waals surface area contributed by atoms with Crippen LogP contribution in [0.4, 0.5) is 5.69 Å². The molecule has 176 valence electrons. The number of benzene rings is 2. The number of fused-ring (bicyclic) bond motifs is 1. The number of anilines is 1. The van der Waals surface area contributed by atoms with Crippen LogP contribution in [0.3, 0.4) is 0 Å². The molecule has 0 saturated heterocycles. The lowest BCUT2D eigenvalue weighted by molar-refractivity contribution is 0.328. The molecule has 5 aromatic rings. The van der Waals surface area contributed by atoms with Crippen LogP contribution in [0.5, 0.6) is 0 Å². The van der Waals surface area contributed by atoms with Gasteiger partial charge in [-0.15, -0.1) is 0 Å². The second-order valence-electron chi connectivity index (χ2n) is 8.18.